The van der Waals surface area contributed by atoms with E-state index >= 15 is 0 Å². The molecule has 2 heterocycles. The molecule has 1 amide bonds. The largest absolute Gasteiger partial charge is 0.459 e. The number of benzene rings is 2. The molecule has 0 spiro atoms. The number of amides is 1. The molecule has 33 heavy (non-hydrogen) atoms. The molecule has 0 saturated heterocycles. The molecule has 11 heteroatoms. The molecule has 4 rings (SSSR count). The number of hydrogen-bond donors (Lipinski definition) is 1. The summed E-state index contributed by atoms with van der Waals surface area (Å²) in [4.78, 5) is 12.7. The fourth-order valence-electron chi connectivity index (χ4n) is 3.36. The lowest BCUT2D eigenvalue weighted by molar-refractivity contribution is -0.143. The van der Waals surface area contributed by atoms with Crippen molar-refractivity contribution in [1.82, 2.24) is 15.1 Å². The van der Waals surface area contributed by atoms with Crippen LogP contribution >= 0.6 is 0 Å². The highest BCUT2D eigenvalue weighted by Gasteiger charge is 2.41. The zero-order chi connectivity index (χ0) is 24.0. The van der Waals surface area contributed by atoms with Crippen LogP contribution in [-0.2, 0) is 12.4 Å². The number of carbonyl (C=O) groups is 1. The Hall–Kier alpha value is -3.76. The molecular formula is C22H15F6N3O2. The number of fused-ring (bicyclic) bond motifs is 1. The maximum Gasteiger partial charge on any atom is 0.434 e. The second-order valence-corrected chi connectivity index (χ2v) is 7.25. The molecule has 0 aliphatic heterocycles. The van der Waals surface area contributed by atoms with E-state index in [0.717, 1.165) is 23.6 Å². The third-order valence-electron chi connectivity index (χ3n) is 4.92. The molecule has 1 atom stereocenters. The molecule has 0 fully saturated rings. The Morgan fingerprint density at radius 2 is 1.73 bits per heavy atom. The molecule has 4 aromatic rings. The smallest absolute Gasteiger partial charge is 0.434 e. The van der Waals surface area contributed by atoms with Crippen LogP contribution in [0, 0.1) is 0 Å². The van der Waals surface area contributed by atoms with Crippen LogP contribution in [-0.4, -0.2) is 15.7 Å². The molecular weight excluding hydrogens is 452 g/mol. The van der Waals surface area contributed by atoms with Gasteiger partial charge in [-0.25, -0.2) is 4.68 Å². The monoisotopic (exact) mass is 467 g/mol. The SMILES string of the molecule is CC(NC(=O)c1cnn(-c2cccc(C(F)(F)F)c2)c1C(F)(F)F)c1cc2ccccc2o1. The van der Waals surface area contributed by atoms with Gasteiger partial charge in [0.1, 0.15) is 11.3 Å². The fraction of sp³-hybridized carbons (Fsp3) is 0.182. The number of nitrogens with one attached hydrogen (secondary N) is 1. The molecule has 5 nitrogen and oxygen atoms in total. The van der Waals surface area contributed by atoms with Gasteiger partial charge in [-0.15, -0.1) is 0 Å². The molecule has 0 aliphatic carbocycles. The summed E-state index contributed by atoms with van der Waals surface area (Å²) >= 11 is 0. The van der Waals surface area contributed by atoms with Crippen LogP contribution in [0.1, 0.15) is 40.3 Å². The van der Waals surface area contributed by atoms with Crippen molar-refractivity contribution >= 4 is 16.9 Å². The van der Waals surface area contributed by atoms with Gasteiger partial charge >= 0.3 is 12.4 Å². The third-order valence-corrected chi connectivity index (χ3v) is 4.92. The highest BCUT2D eigenvalue weighted by Crippen LogP contribution is 2.36. The topological polar surface area (TPSA) is 60.1 Å². The van der Waals surface area contributed by atoms with Gasteiger partial charge in [0.15, 0.2) is 5.69 Å². The van der Waals surface area contributed by atoms with Crippen molar-refractivity contribution in [2.75, 3.05) is 0 Å². The number of furan rings is 1. The van der Waals surface area contributed by atoms with Gasteiger partial charge in [0.2, 0.25) is 0 Å². The number of aromatic nitrogens is 2. The van der Waals surface area contributed by atoms with E-state index < -0.39 is 46.8 Å². The van der Waals surface area contributed by atoms with Crippen LogP contribution in [0.3, 0.4) is 0 Å². The number of alkyl halides is 6. The van der Waals surface area contributed by atoms with E-state index in [9.17, 15) is 31.1 Å². The van der Waals surface area contributed by atoms with Crippen molar-refractivity contribution in [3.63, 3.8) is 0 Å². The van der Waals surface area contributed by atoms with E-state index in [-0.39, 0.29) is 4.68 Å². The molecule has 2 aromatic heterocycles. The summed E-state index contributed by atoms with van der Waals surface area (Å²) in [5, 5.41) is 6.73. The van der Waals surface area contributed by atoms with E-state index in [0.29, 0.717) is 23.6 Å². The maximum atomic E-state index is 13.8. The first kappa shape index (κ1) is 22.4. The fourth-order valence-corrected chi connectivity index (χ4v) is 3.36. The Labute approximate surface area is 182 Å². The van der Waals surface area contributed by atoms with Gasteiger partial charge in [-0.05, 0) is 37.3 Å². The normalized spacial score (nSPS) is 13.3. The van der Waals surface area contributed by atoms with Crippen molar-refractivity contribution < 1.29 is 35.6 Å². The summed E-state index contributed by atoms with van der Waals surface area (Å²) in [6.07, 6.45) is -9.16. The second-order valence-electron chi connectivity index (χ2n) is 7.25. The van der Waals surface area contributed by atoms with Crippen LogP contribution in [0.5, 0.6) is 0 Å². The van der Waals surface area contributed by atoms with E-state index in [1.165, 1.54) is 6.92 Å². The van der Waals surface area contributed by atoms with Crippen molar-refractivity contribution in [1.29, 1.82) is 0 Å². The lowest BCUT2D eigenvalue weighted by Crippen LogP contribution is -2.29. The van der Waals surface area contributed by atoms with Gasteiger partial charge in [0.25, 0.3) is 5.91 Å². The minimum absolute atomic E-state index is 0.274. The highest BCUT2D eigenvalue weighted by molar-refractivity contribution is 5.95. The third kappa shape index (κ3) is 4.43. The number of rotatable bonds is 4. The number of hydrogen-bond acceptors (Lipinski definition) is 3. The lowest BCUT2D eigenvalue weighted by atomic mass is 10.1. The Kier molecular flexibility index (Phi) is 5.43. The summed E-state index contributed by atoms with van der Waals surface area (Å²) in [7, 11) is 0. The van der Waals surface area contributed by atoms with Crippen molar-refractivity contribution in [2.45, 2.75) is 25.3 Å². The van der Waals surface area contributed by atoms with E-state index in [2.05, 4.69) is 10.4 Å². The minimum atomic E-state index is -5.07. The maximum absolute atomic E-state index is 13.8. The van der Waals surface area contributed by atoms with Crippen molar-refractivity contribution in [2.24, 2.45) is 0 Å². The van der Waals surface area contributed by atoms with Crippen molar-refractivity contribution in [3.8, 4) is 5.69 Å². The first-order valence-electron chi connectivity index (χ1n) is 9.57. The molecule has 0 saturated carbocycles. The standard InChI is InChI=1S/C22H15F6N3O2/c1-12(18-9-13-5-2-3-8-17(13)33-18)30-20(32)16-11-29-31(19(16)22(26,27)28)15-7-4-6-14(10-15)21(23,24)25/h2-12H,1H3,(H,30,32). The summed E-state index contributed by atoms with van der Waals surface area (Å²) in [5.74, 6) is -0.781. The first-order valence-corrected chi connectivity index (χ1v) is 9.57. The average molecular weight is 467 g/mol. The number of carbonyl (C=O) groups excluding carboxylic acids is 1. The second kappa shape index (κ2) is 7.98. The Balaban J connectivity index is 1.68. The summed E-state index contributed by atoms with van der Waals surface area (Å²) in [6.45, 7) is 1.53. The summed E-state index contributed by atoms with van der Waals surface area (Å²) in [5.41, 5.74) is -3.41. The summed E-state index contributed by atoms with van der Waals surface area (Å²) in [6, 6.07) is 11.1. The number of para-hydroxylation sites is 1. The predicted molar refractivity (Wildman–Crippen MR) is 106 cm³/mol. The zero-order valence-corrected chi connectivity index (χ0v) is 16.8. The van der Waals surface area contributed by atoms with Gasteiger partial charge in [0, 0.05) is 5.39 Å². The molecule has 0 aliphatic rings. The van der Waals surface area contributed by atoms with Crippen LogP contribution in [0.2, 0.25) is 0 Å². The van der Waals surface area contributed by atoms with E-state index in [4.69, 9.17) is 4.42 Å². The predicted octanol–water partition coefficient (Wildman–Crippen LogP) is 6.15. The molecule has 1 unspecified atom stereocenters. The van der Waals surface area contributed by atoms with E-state index in [1.54, 1.807) is 30.3 Å². The average Bonchev–Trinajstić information content (AvgIpc) is 3.38. The Morgan fingerprint density at radius 3 is 2.39 bits per heavy atom. The number of nitrogens with zero attached hydrogens (tertiary/aromatic N) is 2. The van der Waals surface area contributed by atoms with Crippen LogP contribution in [0.4, 0.5) is 26.3 Å². The van der Waals surface area contributed by atoms with Crippen molar-refractivity contribution in [3.05, 3.63) is 83.4 Å². The van der Waals surface area contributed by atoms with Crippen LogP contribution < -0.4 is 5.32 Å². The Bertz CT molecular complexity index is 1290. The Morgan fingerprint density at radius 1 is 1.00 bits per heavy atom. The lowest BCUT2D eigenvalue weighted by Gasteiger charge is -2.15. The molecule has 0 radical (unpaired) electrons. The van der Waals surface area contributed by atoms with Crippen LogP contribution in [0.15, 0.2) is 65.2 Å². The van der Waals surface area contributed by atoms with Gasteiger partial charge in [-0.3, -0.25) is 4.79 Å². The highest BCUT2D eigenvalue weighted by atomic mass is 19.4. The van der Waals surface area contributed by atoms with Gasteiger partial charge in [-0.2, -0.15) is 31.4 Å². The summed E-state index contributed by atoms with van der Waals surface area (Å²) < 4.78 is 86.4. The van der Waals surface area contributed by atoms with E-state index in [1.807, 2.05) is 0 Å². The minimum Gasteiger partial charge on any atom is -0.459 e. The molecule has 172 valence electrons. The first-order chi connectivity index (χ1) is 15.4. The molecule has 1 N–H and O–H groups in total. The van der Waals surface area contributed by atoms with Gasteiger partial charge < -0.3 is 9.73 Å². The van der Waals surface area contributed by atoms with Crippen LogP contribution in [0.25, 0.3) is 16.7 Å². The van der Waals surface area contributed by atoms with Gasteiger partial charge in [-0.1, -0.05) is 24.3 Å². The molecule has 0 bridgehead atoms. The zero-order valence-electron chi connectivity index (χ0n) is 16.8. The van der Waals surface area contributed by atoms with Gasteiger partial charge in [0.05, 0.1) is 29.1 Å². The molecule has 2 aromatic carbocycles. The number of halogens is 6. The quantitative estimate of drug-likeness (QED) is 0.367.